The zero-order valence-corrected chi connectivity index (χ0v) is 16.0. The summed E-state index contributed by atoms with van der Waals surface area (Å²) in [5.74, 6) is -3.84. The molecule has 0 spiro atoms. The molecule has 2 amide bonds. The lowest BCUT2D eigenvalue weighted by Crippen LogP contribution is -2.41. The van der Waals surface area contributed by atoms with Crippen LogP contribution in [-0.4, -0.2) is 23.5 Å². The minimum atomic E-state index is -1.90. The fourth-order valence-electron chi connectivity index (χ4n) is 3.80. The standard InChI is InChI=1S/C22H19FN2O4/c1-13(2)19-21(28)29-22(24-19,15-10-6-7-11-17(15)23)16-12-18(26)25(20(16)27)14-8-4-3-5-9-14/h3-11,13,16H,12H2,1-2H3/t16-,22-/m1/s1. The van der Waals surface area contributed by atoms with Gasteiger partial charge in [-0.15, -0.1) is 0 Å². The minimum Gasteiger partial charge on any atom is -0.427 e. The van der Waals surface area contributed by atoms with E-state index in [0.717, 1.165) is 4.90 Å². The Morgan fingerprint density at radius 3 is 2.34 bits per heavy atom. The van der Waals surface area contributed by atoms with Crippen molar-refractivity contribution in [2.75, 3.05) is 4.90 Å². The molecular formula is C22H19FN2O4. The summed E-state index contributed by atoms with van der Waals surface area (Å²) in [4.78, 5) is 44.0. The fourth-order valence-corrected chi connectivity index (χ4v) is 3.80. The van der Waals surface area contributed by atoms with Crippen LogP contribution in [0.5, 0.6) is 0 Å². The molecule has 2 aromatic rings. The van der Waals surface area contributed by atoms with Crippen LogP contribution in [-0.2, 0) is 24.8 Å². The van der Waals surface area contributed by atoms with E-state index in [-0.39, 0.29) is 23.6 Å². The molecule has 0 unspecified atom stereocenters. The average Bonchev–Trinajstić information content (AvgIpc) is 3.20. The van der Waals surface area contributed by atoms with Gasteiger partial charge in [-0.25, -0.2) is 14.2 Å². The Hall–Kier alpha value is -3.35. The lowest BCUT2D eigenvalue weighted by Gasteiger charge is -2.30. The van der Waals surface area contributed by atoms with E-state index in [1.807, 2.05) is 0 Å². The molecule has 0 bridgehead atoms. The number of cyclic esters (lactones) is 1. The second kappa shape index (κ2) is 6.92. The van der Waals surface area contributed by atoms with Gasteiger partial charge >= 0.3 is 5.97 Å². The van der Waals surface area contributed by atoms with Crippen molar-refractivity contribution in [3.63, 3.8) is 0 Å². The average molecular weight is 394 g/mol. The molecular weight excluding hydrogens is 375 g/mol. The molecule has 0 N–H and O–H groups in total. The molecule has 1 saturated heterocycles. The normalized spacial score (nSPS) is 24.3. The second-order valence-electron chi connectivity index (χ2n) is 7.38. The highest BCUT2D eigenvalue weighted by Gasteiger charge is 2.59. The van der Waals surface area contributed by atoms with Gasteiger partial charge in [0.15, 0.2) is 0 Å². The van der Waals surface area contributed by atoms with Crippen LogP contribution in [0.25, 0.3) is 0 Å². The number of carbonyl (C=O) groups is 3. The SMILES string of the molecule is CC(C)C1=N[C@@](c2ccccc2F)([C@@H]2CC(=O)N(c3ccccc3)C2=O)OC1=O. The number of amides is 2. The van der Waals surface area contributed by atoms with Gasteiger partial charge < -0.3 is 4.74 Å². The number of para-hydroxylation sites is 1. The van der Waals surface area contributed by atoms with E-state index in [2.05, 4.69) is 4.99 Å². The highest BCUT2D eigenvalue weighted by molar-refractivity contribution is 6.38. The molecule has 1 fully saturated rings. The first-order valence-electron chi connectivity index (χ1n) is 9.35. The largest absolute Gasteiger partial charge is 0.427 e. The summed E-state index contributed by atoms with van der Waals surface area (Å²) < 4.78 is 20.4. The van der Waals surface area contributed by atoms with Gasteiger partial charge in [-0.3, -0.25) is 14.5 Å². The maximum Gasteiger partial charge on any atom is 0.355 e. The Morgan fingerprint density at radius 1 is 1.07 bits per heavy atom. The van der Waals surface area contributed by atoms with Gasteiger partial charge in [-0.2, -0.15) is 0 Å². The molecule has 0 aromatic heterocycles. The number of benzene rings is 2. The maximum absolute atomic E-state index is 14.8. The highest BCUT2D eigenvalue weighted by atomic mass is 19.1. The Balaban J connectivity index is 1.86. The van der Waals surface area contributed by atoms with Crippen molar-refractivity contribution in [3.8, 4) is 0 Å². The van der Waals surface area contributed by atoms with Crippen LogP contribution in [0.3, 0.4) is 0 Å². The van der Waals surface area contributed by atoms with Crippen LogP contribution in [0.15, 0.2) is 59.6 Å². The maximum atomic E-state index is 14.8. The number of halogens is 1. The van der Waals surface area contributed by atoms with Crippen molar-refractivity contribution in [1.29, 1.82) is 0 Å². The van der Waals surface area contributed by atoms with Crippen molar-refractivity contribution in [2.45, 2.75) is 26.0 Å². The molecule has 0 aliphatic carbocycles. The molecule has 7 heteroatoms. The molecule has 6 nitrogen and oxygen atoms in total. The third kappa shape index (κ3) is 2.93. The van der Waals surface area contributed by atoms with Gasteiger partial charge in [0.25, 0.3) is 0 Å². The monoisotopic (exact) mass is 394 g/mol. The molecule has 2 aliphatic rings. The van der Waals surface area contributed by atoms with Crippen LogP contribution in [0, 0.1) is 17.7 Å². The fraction of sp³-hybridized carbons (Fsp3) is 0.273. The highest BCUT2D eigenvalue weighted by Crippen LogP contribution is 2.46. The summed E-state index contributed by atoms with van der Waals surface area (Å²) in [5.41, 5.74) is -1.42. The van der Waals surface area contributed by atoms with Gasteiger partial charge in [-0.05, 0) is 24.3 Å². The van der Waals surface area contributed by atoms with Gasteiger partial charge in [-0.1, -0.05) is 44.2 Å². The van der Waals surface area contributed by atoms with Crippen LogP contribution in [0.2, 0.25) is 0 Å². The second-order valence-corrected chi connectivity index (χ2v) is 7.38. The Bertz CT molecular complexity index is 1030. The number of carbonyl (C=O) groups excluding carboxylic acids is 3. The van der Waals surface area contributed by atoms with Gasteiger partial charge in [0.1, 0.15) is 17.4 Å². The van der Waals surface area contributed by atoms with Crippen LogP contribution < -0.4 is 4.90 Å². The summed E-state index contributed by atoms with van der Waals surface area (Å²) in [6.45, 7) is 3.52. The van der Waals surface area contributed by atoms with Crippen LogP contribution >= 0.6 is 0 Å². The first-order valence-corrected chi connectivity index (χ1v) is 9.35. The molecule has 2 atom stereocenters. The topological polar surface area (TPSA) is 76.0 Å². The van der Waals surface area contributed by atoms with E-state index in [1.165, 1.54) is 18.2 Å². The molecule has 4 rings (SSSR count). The molecule has 148 valence electrons. The van der Waals surface area contributed by atoms with E-state index in [1.54, 1.807) is 50.2 Å². The molecule has 0 saturated carbocycles. The van der Waals surface area contributed by atoms with Gasteiger partial charge in [0, 0.05) is 12.3 Å². The lowest BCUT2D eigenvalue weighted by atomic mass is 9.87. The molecule has 2 heterocycles. The molecule has 2 aliphatic heterocycles. The number of aliphatic imine (C=N–C) groups is 1. The number of rotatable bonds is 4. The lowest BCUT2D eigenvalue weighted by molar-refractivity contribution is -0.156. The Labute approximate surface area is 167 Å². The number of imide groups is 1. The number of nitrogens with zero attached hydrogens (tertiary/aromatic N) is 2. The summed E-state index contributed by atoms with van der Waals surface area (Å²) in [6, 6.07) is 14.2. The van der Waals surface area contributed by atoms with E-state index < -0.39 is 35.2 Å². The number of hydrogen-bond acceptors (Lipinski definition) is 5. The minimum absolute atomic E-state index is 0.0370. The Kier molecular flexibility index (Phi) is 4.53. The van der Waals surface area contributed by atoms with Crippen molar-refractivity contribution >= 4 is 29.2 Å². The Morgan fingerprint density at radius 2 is 1.72 bits per heavy atom. The predicted molar refractivity (Wildman–Crippen MR) is 103 cm³/mol. The first kappa shape index (κ1) is 19.0. The third-order valence-corrected chi connectivity index (χ3v) is 5.18. The van der Waals surface area contributed by atoms with Crippen LogP contribution in [0.1, 0.15) is 25.8 Å². The zero-order valence-electron chi connectivity index (χ0n) is 16.0. The first-order chi connectivity index (χ1) is 13.8. The number of ether oxygens (including phenoxy) is 1. The van der Waals surface area contributed by atoms with Crippen molar-refractivity contribution in [3.05, 3.63) is 66.0 Å². The van der Waals surface area contributed by atoms with E-state index >= 15 is 0 Å². The smallest absolute Gasteiger partial charge is 0.355 e. The quantitative estimate of drug-likeness (QED) is 0.589. The third-order valence-electron chi connectivity index (χ3n) is 5.18. The van der Waals surface area contributed by atoms with E-state index in [0.29, 0.717) is 5.69 Å². The predicted octanol–water partition coefficient (Wildman–Crippen LogP) is 3.21. The molecule has 29 heavy (non-hydrogen) atoms. The zero-order chi connectivity index (χ0) is 20.8. The van der Waals surface area contributed by atoms with Gasteiger partial charge in [0.05, 0.1) is 11.3 Å². The number of hydrogen-bond donors (Lipinski definition) is 0. The van der Waals surface area contributed by atoms with Crippen LogP contribution in [0.4, 0.5) is 10.1 Å². The van der Waals surface area contributed by atoms with E-state index in [9.17, 15) is 18.8 Å². The summed E-state index contributed by atoms with van der Waals surface area (Å²) in [6.07, 6.45) is -0.246. The van der Waals surface area contributed by atoms with Crippen molar-refractivity contribution in [1.82, 2.24) is 0 Å². The molecule has 2 aromatic carbocycles. The number of esters is 1. The van der Waals surface area contributed by atoms with Gasteiger partial charge in [0.2, 0.25) is 17.5 Å². The van der Waals surface area contributed by atoms with Crippen molar-refractivity contribution in [2.24, 2.45) is 16.8 Å². The summed E-state index contributed by atoms with van der Waals surface area (Å²) in [7, 11) is 0. The number of anilines is 1. The summed E-state index contributed by atoms with van der Waals surface area (Å²) >= 11 is 0. The van der Waals surface area contributed by atoms with Crippen molar-refractivity contribution < 1.29 is 23.5 Å². The summed E-state index contributed by atoms with van der Waals surface area (Å²) in [5, 5.41) is 0. The van der Waals surface area contributed by atoms with E-state index in [4.69, 9.17) is 4.74 Å². The molecule has 0 radical (unpaired) electrons.